The van der Waals surface area contributed by atoms with E-state index in [2.05, 4.69) is 19.9 Å². The largest absolute Gasteiger partial charge is 0.384 e. The van der Waals surface area contributed by atoms with Crippen molar-refractivity contribution in [3.8, 4) is 6.07 Å². The number of nitrogens with zero attached hydrogens (tertiary/aromatic N) is 2. The van der Waals surface area contributed by atoms with Crippen LogP contribution in [0.15, 0.2) is 77.3 Å². The smallest absolute Gasteiger partial charge is 0.162 e. The molecule has 29 heavy (non-hydrogen) atoms. The number of rotatable bonds is 2. The molecule has 2 aromatic rings. The molecule has 0 unspecified atom stereocenters. The fourth-order valence-corrected chi connectivity index (χ4v) is 4.48. The Kier molecular flexibility index (Phi) is 4.55. The molecular formula is C25H25N3O. The fraction of sp³-hybridized carbons (Fsp3) is 0.280. The Morgan fingerprint density at radius 2 is 1.72 bits per heavy atom. The molecule has 0 spiro atoms. The number of carbonyl (C=O) groups excluding carboxylic acids is 1. The molecule has 2 aromatic carbocycles. The van der Waals surface area contributed by atoms with Gasteiger partial charge in [0, 0.05) is 23.4 Å². The number of hydrogen-bond acceptors (Lipinski definition) is 4. The second-order valence-electron chi connectivity index (χ2n) is 8.73. The highest BCUT2D eigenvalue weighted by molar-refractivity contribution is 6.01. The number of ketones is 1. The summed E-state index contributed by atoms with van der Waals surface area (Å²) in [4.78, 5) is 15.3. The summed E-state index contributed by atoms with van der Waals surface area (Å²) in [5, 5.41) is 10.0. The minimum absolute atomic E-state index is 0.0995. The van der Waals surface area contributed by atoms with Crippen molar-refractivity contribution in [3.63, 3.8) is 0 Å². The predicted molar refractivity (Wildman–Crippen MR) is 115 cm³/mol. The van der Waals surface area contributed by atoms with Crippen LogP contribution in [0.2, 0.25) is 0 Å². The summed E-state index contributed by atoms with van der Waals surface area (Å²) < 4.78 is 0. The zero-order chi connectivity index (χ0) is 20.8. The summed E-state index contributed by atoms with van der Waals surface area (Å²) in [6.07, 6.45) is 1.19. The Balaban J connectivity index is 1.99. The molecule has 0 radical (unpaired) electrons. The van der Waals surface area contributed by atoms with Gasteiger partial charge in [0.05, 0.1) is 17.6 Å². The van der Waals surface area contributed by atoms with E-state index < -0.39 is 5.92 Å². The zero-order valence-electron chi connectivity index (χ0n) is 17.1. The van der Waals surface area contributed by atoms with E-state index in [0.717, 1.165) is 28.9 Å². The van der Waals surface area contributed by atoms with Crippen LogP contribution in [0.3, 0.4) is 0 Å². The van der Waals surface area contributed by atoms with Crippen LogP contribution in [0.4, 0.5) is 5.69 Å². The van der Waals surface area contributed by atoms with Crippen molar-refractivity contribution in [2.75, 3.05) is 4.90 Å². The lowest BCUT2D eigenvalue weighted by atomic mass is 9.68. The van der Waals surface area contributed by atoms with Gasteiger partial charge < -0.3 is 5.73 Å². The summed E-state index contributed by atoms with van der Waals surface area (Å²) in [5.74, 6) is 0.0958. The van der Waals surface area contributed by atoms with Gasteiger partial charge in [-0.3, -0.25) is 9.69 Å². The zero-order valence-corrected chi connectivity index (χ0v) is 17.1. The van der Waals surface area contributed by atoms with Crippen molar-refractivity contribution in [1.82, 2.24) is 0 Å². The second kappa shape index (κ2) is 6.93. The predicted octanol–water partition coefficient (Wildman–Crippen LogP) is 4.94. The first-order valence-corrected chi connectivity index (χ1v) is 9.90. The molecule has 0 aromatic heterocycles. The molecule has 2 aliphatic rings. The van der Waals surface area contributed by atoms with Gasteiger partial charge in [0.2, 0.25) is 0 Å². The minimum Gasteiger partial charge on any atom is -0.384 e. The molecule has 0 saturated heterocycles. The average Bonchev–Trinajstić information content (AvgIpc) is 2.68. The number of carbonyl (C=O) groups is 1. The molecule has 146 valence electrons. The van der Waals surface area contributed by atoms with Crippen molar-refractivity contribution in [1.29, 1.82) is 5.26 Å². The molecule has 1 aliphatic carbocycles. The van der Waals surface area contributed by atoms with Crippen LogP contribution >= 0.6 is 0 Å². The maximum Gasteiger partial charge on any atom is 0.162 e. The van der Waals surface area contributed by atoms with Crippen LogP contribution in [0.1, 0.15) is 43.7 Å². The van der Waals surface area contributed by atoms with Gasteiger partial charge in [0.1, 0.15) is 5.82 Å². The number of Topliss-reactive ketones (excluding diaryl/α,β-unsaturated/α-hetero) is 1. The van der Waals surface area contributed by atoms with E-state index in [1.54, 1.807) is 0 Å². The number of nitriles is 1. The molecule has 2 N–H and O–H groups in total. The monoisotopic (exact) mass is 383 g/mol. The van der Waals surface area contributed by atoms with Crippen LogP contribution in [-0.4, -0.2) is 5.78 Å². The summed E-state index contributed by atoms with van der Waals surface area (Å²) in [5.41, 5.74) is 11.5. The van der Waals surface area contributed by atoms with Crippen molar-refractivity contribution in [2.24, 2.45) is 11.1 Å². The number of allylic oxidation sites excluding steroid dienone is 3. The molecule has 1 aliphatic heterocycles. The standard InChI is InChI=1S/C25H25N3O/c1-16-9-11-18(12-10-16)28-20-13-25(2,3)14-21(29)23(20)22(19(15-26)24(28)27)17-7-5-4-6-8-17/h4-12,22H,13-14,27H2,1-3H3/t22-/m1/s1. The first kappa shape index (κ1) is 19.0. The van der Waals surface area contributed by atoms with Crippen LogP contribution in [0, 0.1) is 23.7 Å². The highest BCUT2D eigenvalue weighted by Crippen LogP contribution is 2.50. The number of anilines is 1. The lowest BCUT2D eigenvalue weighted by Crippen LogP contribution is -2.42. The SMILES string of the molecule is Cc1ccc(N2C(N)=C(C#N)[C@@H](c3ccccc3)C3=C2CC(C)(C)CC3=O)cc1. The highest BCUT2D eigenvalue weighted by atomic mass is 16.1. The van der Waals surface area contributed by atoms with Crippen molar-refractivity contribution >= 4 is 11.5 Å². The van der Waals surface area contributed by atoms with E-state index in [-0.39, 0.29) is 11.2 Å². The van der Waals surface area contributed by atoms with Gasteiger partial charge in [0.15, 0.2) is 5.78 Å². The average molecular weight is 383 g/mol. The lowest BCUT2D eigenvalue weighted by molar-refractivity contribution is -0.118. The third-order valence-electron chi connectivity index (χ3n) is 5.81. The Morgan fingerprint density at radius 1 is 1.07 bits per heavy atom. The van der Waals surface area contributed by atoms with Gasteiger partial charge in [-0.2, -0.15) is 5.26 Å². The Morgan fingerprint density at radius 3 is 2.34 bits per heavy atom. The summed E-state index contributed by atoms with van der Waals surface area (Å²) >= 11 is 0. The first-order chi connectivity index (χ1) is 13.8. The topological polar surface area (TPSA) is 70.1 Å². The van der Waals surface area contributed by atoms with E-state index in [0.29, 0.717) is 23.4 Å². The Hall–Kier alpha value is -3.32. The first-order valence-electron chi connectivity index (χ1n) is 9.90. The van der Waals surface area contributed by atoms with Gasteiger partial charge >= 0.3 is 0 Å². The normalized spacial score (nSPS) is 21.1. The van der Waals surface area contributed by atoms with Gasteiger partial charge in [-0.15, -0.1) is 0 Å². The van der Waals surface area contributed by atoms with Crippen molar-refractivity contribution in [2.45, 2.75) is 39.5 Å². The summed E-state index contributed by atoms with van der Waals surface area (Å²) in [6, 6.07) is 20.1. The van der Waals surface area contributed by atoms with Gasteiger partial charge in [-0.1, -0.05) is 61.9 Å². The van der Waals surface area contributed by atoms with Gasteiger partial charge in [-0.05, 0) is 36.5 Å². The van der Waals surface area contributed by atoms with Crippen molar-refractivity contribution < 1.29 is 4.79 Å². The van der Waals surface area contributed by atoms with E-state index >= 15 is 0 Å². The molecule has 4 nitrogen and oxygen atoms in total. The Labute approximate surface area is 171 Å². The third kappa shape index (κ3) is 3.23. The molecule has 0 bridgehead atoms. The molecule has 1 atom stereocenters. The van der Waals surface area contributed by atoms with E-state index in [1.165, 1.54) is 0 Å². The van der Waals surface area contributed by atoms with Crippen LogP contribution in [-0.2, 0) is 4.79 Å². The molecule has 0 fully saturated rings. The van der Waals surface area contributed by atoms with E-state index in [9.17, 15) is 10.1 Å². The number of benzene rings is 2. The fourth-order valence-electron chi connectivity index (χ4n) is 4.48. The highest BCUT2D eigenvalue weighted by Gasteiger charge is 2.44. The summed E-state index contributed by atoms with van der Waals surface area (Å²) in [6.45, 7) is 6.25. The maximum absolute atomic E-state index is 13.4. The van der Waals surface area contributed by atoms with Gasteiger partial charge in [0.25, 0.3) is 0 Å². The van der Waals surface area contributed by atoms with Crippen molar-refractivity contribution in [3.05, 3.63) is 88.4 Å². The molecule has 1 heterocycles. The molecule has 4 heteroatoms. The molecule has 0 amide bonds. The molecular weight excluding hydrogens is 358 g/mol. The van der Waals surface area contributed by atoms with Gasteiger partial charge in [-0.25, -0.2) is 0 Å². The van der Waals surface area contributed by atoms with Crippen LogP contribution in [0.5, 0.6) is 0 Å². The van der Waals surface area contributed by atoms with Crippen LogP contribution < -0.4 is 10.6 Å². The van der Waals surface area contributed by atoms with E-state index in [1.807, 2.05) is 66.4 Å². The second-order valence-corrected chi connectivity index (χ2v) is 8.73. The maximum atomic E-state index is 13.4. The quantitative estimate of drug-likeness (QED) is 0.798. The Bertz CT molecular complexity index is 1070. The minimum atomic E-state index is -0.415. The molecule has 0 saturated carbocycles. The number of hydrogen-bond donors (Lipinski definition) is 1. The number of nitrogens with two attached hydrogens (primary N) is 1. The molecule has 4 rings (SSSR count). The van der Waals surface area contributed by atoms with Crippen LogP contribution in [0.25, 0.3) is 0 Å². The van der Waals surface area contributed by atoms with E-state index in [4.69, 9.17) is 5.73 Å². The lowest BCUT2D eigenvalue weighted by Gasteiger charge is -2.43. The summed E-state index contributed by atoms with van der Waals surface area (Å²) in [7, 11) is 0. The third-order valence-corrected chi connectivity index (χ3v) is 5.81. The number of aryl methyl sites for hydroxylation is 1.